The van der Waals surface area contributed by atoms with Gasteiger partial charge in [0.15, 0.2) is 10.8 Å². The molecule has 0 saturated heterocycles. The minimum absolute atomic E-state index is 0.359. The van der Waals surface area contributed by atoms with Gasteiger partial charge in [-0.2, -0.15) is 0 Å². The van der Waals surface area contributed by atoms with Gasteiger partial charge >= 0.3 is 0 Å². The third-order valence-electron chi connectivity index (χ3n) is 2.52. The largest absolute Gasteiger partial charge is 0.462 e. The molecule has 2 N–H and O–H groups in total. The lowest BCUT2D eigenvalue weighted by Gasteiger charge is -2.19. The Labute approximate surface area is 106 Å². The van der Waals surface area contributed by atoms with E-state index >= 15 is 0 Å². The fourth-order valence-corrected chi connectivity index (χ4v) is 2.89. The molecule has 0 aromatic carbocycles. The minimum Gasteiger partial charge on any atom is -0.462 e. The van der Waals surface area contributed by atoms with Gasteiger partial charge in [-0.1, -0.05) is 13.8 Å². The van der Waals surface area contributed by atoms with E-state index in [9.17, 15) is 0 Å². The van der Waals surface area contributed by atoms with Crippen LogP contribution in [0.4, 0.5) is 0 Å². The van der Waals surface area contributed by atoms with E-state index in [1.807, 2.05) is 26.0 Å². The molecule has 0 amide bonds. The molecular weight excluding hydrogens is 232 g/mol. The van der Waals surface area contributed by atoms with Gasteiger partial charge in [-0.25, -0.2) is 4.98 Å². The predicted molar refractivity (Wildman–Crippen MR) is 71.1 cm³/mol. The maximum absolute atomic E-state index is 6.20. The molecule has 0 bridgehead atoms. The molecule has 3 nitrogen and oxygen atoms in total. The smallest absolute Gasteiger partial charge is 0.162 e. The van der Waals surface area contributed by atoms with Gasteiger partial charge in [0.25, 0.3) is 0 Å². The second-order valence-electron chi connectivity index (χ2n) is 5.09. The van der Waals surface area contributed by atoms with Crippen molar-refractivity contribution in [2.45, 2.75) is 39.2 Å². The summed E-state index contributed by atoms with van der Waals surface area (Å²) in [6, 6.07) is 3.80. The van der Waals surface area contributed by atoms with Crippen LogP contribution in [0.25, 0.3) is 10.8 Å². The Morgan fingerprint density at radius 3 is 2.53 bits per heavy atom. The molecule has 4 heteroatoms. The van der Waals surface area contributed by atoms with Crippen LogP contribution in [0.3, 0.4) is 0 Å². The first-order valence-corrected chi connectivity index (χ1v) is 6.55. The molecule has 0 radical (unpaired) electrons. The van der Waals surface area contributed by atoms with Gasteiger partial charge in [-0.05, 0) is 31.9 Å². The highest BCUT2D eigenvalue weighted by atomic mass is 32.1. The summed E-state index contributed by atoms with van der Waals surface area (Å²) in [4.78, 5) is 5.80. The van der Waals surface area contributed by atoms with E-state index in [4.69, 9.17) is 10.2 Å². The van der Waals surface area contributed by atoms with Crippen LogP contribution in [-0.4, -0.2) is 4.98 Å². The van der Waals surface area contributed by atoms with Crippen LogP contribution in [0.5, 0.6) is 0 Å². The summed E-state index contributed by atoms with van der Waals surface area (Å²) in [6.45, 7) is 8.29. The molecular formula is C13H18N2OS. The zero-order chi connectivity index (χ0) is 12.6. The summed E-state index contributed by atoms with van der Waals surface area (Å²) in [7, 11) is 0. The molecule has 2 rings (SSSR count). The summed E-state index contributed by atoms with van der Waals surface area (Å²) in [5.41, 5.74) is 6.92. The van der Waals surface area contributed by atoms with Crippen LogP contribution in [0.1, 0.15) is 44.2 Å². The van der Waals surface area contributed by atoms with E-state index in [1.165, 1.54) is 0 Å². The minimum atomic E-state index is -0.359. The van der Waals surface area contributed by atoms with Gasteiger partial charge in [-0.15, -0.1) is 11.3 Å². The van der Waals surface area contributed by atoms with Gasteiger partial charge < -0.3 is 10.2 Å². The van der Waals surface area contributed by atoms with Crippen LogP contribution in [0, 0.1) is 0 Å². The first-order valence-electron chi connectivity index (χ1n) is 5.73. The molecule has 0 spiro atoms. The van der Waals surface area contributed by atoms with E-state index in [-0.39, 0.29) is 5.54 Å². The van der Waals surface area contributed by atoms with Crippen LogP contribution < -0.4 is 5.73 Å². The predicted octanol–water partition coefficient (Wildman–Crippen LogP) is 3.72. The van der Waals surface area contributed by atoms with E-state index in [1.54, 1.807) is 17.6 Å². The van der Waals surface area contributed by atoms with Gasteiger partial charge in [-0.3, -0.25) is 0 Å². The van der Waals surface area contributed by atoms with Gasteiger partial charge in [0, 0.05) is 10.4 Å². The highest BCUT2D eigenvalue weighted by Gasteiger charge is 2.25. The average Bonchev–Trinajstić information content (AvgIpc) is 2.85. The molecule has 2 aromatic rings. The first kappa shape index (κ1) is 12.3. The Hall–Kier alpha value is -1.13. The van der Waals surface area contributed by atoms with Crippen LogP contribution >= 0.6 is 11.3 Å². The number of rotatable bonds is 3. The topological polar surface area (TPSA) is 52.0 Å². The van der Waals surface area contributed by atoms with Gasteiger partial charge in [0.2, 0.25) is 0 Å². The van der Waals surface area contributed by atoms with Crippen molar-refractivity contribution in [2.75, 3.05) is 0 Å². The van der Waals surface area contributed by atoms with E-state index in [0.29, 0.717) is 5.92 Å². The zero-order valence-corrected chi connectivity index (χ0v) is 11.5. The zero-order valence-electron chi connectivity index (χ0n) is 10.7. The fourth-order valence-electron chi connectivity index (χ4n) is 1.69. The molecule has 0 aliphatic rings. The van der Waals surface area contributed by atoms with Gasteiger partial charge in [0.05, 0.1) is 12.0 Å². The monoisotopic (exact) mass is 250 g/mol. The summed E-state index contributed by atoms with van der Waals surface area (Å²) >= 11 is 1.62. The molecule has 92 valence electrons. The molecule has 17 heavy (non-hydrogen) atoms. The number of thiazole rings is 1. The Morgan fingerprint density at radius 1 is 1.41 bits per heavy atom. The van der Waals surface area contributed by atoms with Crippen molar-refractivity contribution >= 4 is 11.3 Å². The number of nitrogens with two attached hydrogens (primary N) is 1. The van der Waals surface area contributed by atoms with Crippen molar-refractivity contribution in [2.24, 2.45) is 5.73 Å². The van der Waals surface area contributed by atoms with E-state index in [0.717, 1.165) is 21.3 Å². The molecule has 0 atom stereocenters. The van der Waals surface area contributed by atoms with Crippen LogP contribution in [0.2, 0.25) is 0 Å². The second-order valence-corrected chi connectivity index (χ2v) is 6.09. The maximum Gasteiger partial charge on any atom is 0.162 e. The Balaban J connectivity index is 2.53. The quantitative estimate of drug-likeness (QED) is 0.903. The van der Waals surface area contributed by atoms with Crippen LogP contribution in [-0.2, 0) is 5.54 Å². The third-order valence-corrected chi connectivity index (χ3v) is 3.94. The Kier molecular flexibility index (Phi) is 3.10. The highest BCUT2D eigenvalue weighted by Crippen LogP contribution is 2.36. The lowest BCUT2D eigenvalue weighted by atomic mass is 9.98. The second kappa shape index (κ2) is 4.27. The number of furan rings is 1. The number of nitrogens with zero attached hydrogens (tertiary/aromatic N) is 1. The summed E-state index contributed by atoms with van der Waals surface area (Å²) in [5.74, 6) is 1.18. The maximum atomic E-state index is 6.20. The summed E-state index contributed by atoms with van der Waals surface area (Å²) in [6.07, 6.45) is 1.67. The van der Waals surface area contributed by atoms with Crippen molar-refractivity contribution in [1.29, 1.82) is 0 Å². The van der Waals surface area contributed by atoms with Crippen molar-refractivity contribution in [1.82, 2.24) is 4.98 Å². The van der Waals surface area contributed by atoms with Gasteiger partial charge in [0.1, 0.15) is 0 Å². The van der Waals surface area contributed by atoms with E-state index < -0.39 is 0 Å². The number of hydrogen-bond acceptors (Lipinski definition) is 4. The fraction of sp³-hybridized carbons (Fsp3) is 0.462. The lowest BCUT2D eigenvalue weighted by Crippen LogP contribution is -2.28. The van der Waals surface area contributed by atoms with E-state index in [2.05, 4.69) is 18.8 Å². The Bertz CT molecular complexity index is 492. The third kappa shape index (κ3) is 2.42. The Morgan fingerprint density at radius 2 is 2.12 bits per heavy atom. The lowest BCUT2D eigenvalue weighted by molar-refractivity contribution is 0.553. The molecule has 0 saturated carbocycles. The number of hydrogen-bond donors (Lipinski definition) is 1. The number of aromatic nitrogens is 1. The average molecular weight is 250 g/mol. The first-order chi connectivity index (χ1) is 7.89. The molecule has 0 fully saturated rings. The molecule has 0 aliphatic heterocycles. The van der Waals surface area contributed by atoms with Crippen molar-refractivity contribution in [3.8, 4) is 10.8 Å². The van der Waals surface area contributed by atoms with Crippen molar-refractivity contribution < 1.29 is 4.42 Å². The molecule has 0 unspecified atom stereocenters. The van der Waals surface area contributed by atoms with Crippen LogP contribution in [0.15, 0.2) is 22.8 Å². The molecule has 0 aliphatic carbocycles. The molecule has 2 aromatic heterocycles. The normalized spacial score (nSPS) is 12.4. The SMILES string of the molecule is CC(C)c1nc(-c2ccco2)sc1C(C)(C)N. The summed E-state index contributed by atoms with van der Waals surface area (Å²) < 4.78 is 5.39. The molecule has 2 heterocycles. The van der Waals surface area contributed by atoms with Crippen molar-refractivity contribution in [3.63, 3.8) is 0 Å². The summed E-state index contributed by atoms with van der Waals surface area (Å²) in [5, 5.41) is 0.909. The van der Waals surface area contributed by atoms with Crippen molar-refractivity contribution in [3.05, 3.63) is 29.0 Å². The standard InChI is InChI=1S/C13H18N2OS/c1-8(2)10-11(13(3,4)14)17-12(15-10)9-6-5-7-16-9/h5-8H,14H2,1-4H3. The highest BCUT2D eigenvalue weighted by molar-refractivity contribution is 7.15.